The molecule has 2 N–H and O–H groups in total. The fourth-order valence-electron chi connectivity index (χ4n) is 6.10. The van der Waals surface area contributed by atoms with E-state index < -0.39 is 18.2 Å². The molecular formula is C34H55N3O6. The summed E-state index contributed by atoms with van der Waals surface area (Å²) in [6.45, 7) is 4.74. The molecule has 1 aromatic rings. The molecule has 9 nitrogen and oxygen atoms in total. The van der Waals surface area contributed by atoms with E-state index in [1.807, 2.05) is 38.1 Å². The van der Waals surface area contributed by atoms with Crippen LogP contribution in [-0.2, 0) is 20.9 Å². The fraction of sp³-hybridized carbons (Fsp3) is 0.735. The van der Waals surface area contributed by atoms with Crippen molar-refractivity contribution in [2.45, 2.75) is 109 Å². The monoisotopic (exact) mass is 601 g/mol. The van der Waals surface area contributed by atoms with Crippen molar-refractivity contribution >= 4 is 17.7 Å². The van der Waals surface area contributed by atoms with Crippen molar-refractivity contribution in [3.05, 3.63) is 29.8 Å². The summed E-state index contributed by atoms with van der Waals surface area (Å²) in [5.74, 6) is 1.09. The van der Waals surface area contributed by atoms with Gasteiger partial charge in [-0.2, -0.15) is 0 Å². The van der Waals surface area contributed by atoms with Gasteiger partial charge in [0.2, 0.25) is 17.7 Å². The molecule has 43 heavy (non-hydrogen) atoms. The molecular weight excluding hydrogens is 546 g/mol. The Morgan fingerprint density at radius 2 is 1.51 bits per heavy atom. The van der Waals surface area contributed by atoms with Crippen LogP contribution >= 0.6 is 0 Å². The maximum atomic E-state index is 13.9. The molecule has 0 saturated heterocycles. The third kappa shape index (κ3) is 11.4. The van der Waals surface area contributed by atoms with Gasteiger partial charge in [-0.25, -0.2) is 0 Å². The molecule has 0 aliphatic heterocycles. The number of carbonyl (C=O) groups is 3. The smallest absolute Gasteiger partial charge is 0.241 e. The molecule has 3 rings (SSSR count). The average Bonchev–Trinajstić information content (AvgIpc) is 3.81. The lowest BCUT2D eigenvalue weighted by Gasteiger charge is -2.40. The molecule has 2 aliphatic carbocycles. The molecule has 2 saturated carbocycles. The molecule has 0 heterocycles. The van der Waals surface area contributed by atoms with Gasteiger partial charge in [0.1, 0.15) is 18.4 Å². The highest BCUT2D eigenvalue weighted by Crippen LogP contribution is 2.35. The molecule has 9 heteroatoms. The van der Waals surface area contributed by atoms with Crippen molar-refractivity contribution in [3.8, 4) is 5.75 Å². The van der Waals surface area contributed by atoms with E-state index in [-0.39, 0.29) is 49.6 Å². The van der Waals surface area contributed by atoms with Gasteiger partial charge in [0, 0.05) is 40.0 Å². The number of benzene rings is 1. The number of hydrogen-bond acceptors (Lipinski definition) is 6. The first-order valence-electron chi connectivity index (χ1n) is 16.2. The van der Waals surface area contributed by atoms with Crippen molar-refractivity contribution in [3.63, 3.8) is 0 Å². The van der Waals surface area contributed by atoms with Crippen molar-refractivity contribution in [1.82, 2.24) is 14.7 Å². The van der Waals surface area contributed by atoms with Crippen molar-refractivity contribution in [2.75, 3.05) is 34.3 Å². The van der Waals surface area contributed by atoms with E-state index in [0.717, 1.165) is 44.1 Å². The highest BCUT2D eigenvalue weighted by atomic mass is 16.5. The summed E-state index contributed by atoms with van der Waals surface area (Å²) in [4.78, 5) is 44.8. The SMILES string of the molecule is COc1ccc(CN(CC(=O)N(C)C)C(=O)CCC(=O)N(CC2CC2)[C@@H](CC2CCCCC2)[C@@H](O)[C@@H](O)CC(C)C)cc1. The van der Waals surface area contributed by atoms with Crippen LogP contribution in [0.1, 0.15) is 90.0 Å². The highest BCUT2D eigenvalue weighted by Gasteiger charge is 2.38. The maximum Gasteiger partial charge on any atom is 0.241 e. The van der Waals surface area contributed by atoms with Crippen LogP contribution < -0.4 is 4.74 Å². The highest BCUT2D eigenvalue weighted by molar-refractivity contribution is 5.87. The normalized spacial score (nSPS) is 17.7. The topological polar surface area (TPSA) is 111 Å². The molecule has 242 valence electrons. The average molecular weight is 602 g/mol. The Morgan fingerprint density at radius 1 is 0.884 bits per heavy atom. The number of likely N-dealkylation sites (N-methyl/N-ethyl adjacent to an activating group) is 1. The summed E-state index contributed by atoms with van der Waals surface area (Å²) in [6, 6.07) is 6.88. The van der Waals surface area contributed by atoms with Crippen LogP contribution in [0.25, 0.3) is 0 Å². The van der Waals surface area contributed by atoms with E-state index in [1.54, 1.807) is 26.1 Å². The number of aliphatic hydroxyl groups is 2. The van der Waals surface area contributed by atoms with Crippen LogP contribution in [0.3, 0.4) is 0 Å². The Labute approximate surface area is 258 Å². The first kappa shape index (κ1) is 34.8. The van der Waals surface area contributed by atoms with Crippen molar-refractivity contribution in [2.24, 2.45) is 17.8 Å². The summed E-state index contributed by atoms with van der Waals surface area (Å²) in [7, 11) is 4.90. The van der Waals surface area contributed by atoms with Gasteiger partial charge >= 0.3 is 0 Å². The lowest BCUT2D eigenvalue weighted by atomic mass is 9.81. The second-order valence-electron chi connectivity index (χ2n) is 13.4. The summed E-state index contributed by atoms with van der Waals surface area (Å²) in [6.07, 6.45) is 6.93. The molecule has 0 aromatic heterocycles. The Balaban J connectivity index is 1.76. The molecule has 0 bridgehead atoms. The lowest BCUT2D eigenvalue weighted by molar-refractivity contribution is -0.144. The zero-order chi connectivity index (χ0) is 31.5. The molecule has 2 aliphatic rings. The van der Waals surface area contributed by atoms with Crippen LogP contribution in [-0.4, -0.2) is 95.2 Å². The second kappa shape index (κ2) is 17.0. The minimum Gasteiger partial charge on any atom is -0.497 e. The molecule has 0 spiro atoms. The quantitative estimate of drug-likeness (QED) is 0.277. The van der Waals surface area contributed by atoms with Crippen LogP contribution in [0.4, 0.5) is 0 Å². The number of ether oxygens (including phenoxy) is 1. The van der Waals surface area contributed by atoms with E-state index in [0.29, 0.717) is 37.0 Å². The minimum atomic E-state index is -1.04. The van der Waals surface area contributed by atoms with Crippen molar-refractivity contribution in [1.29, 1.82) is 0 Å². The van der Waals surface area contributed by atoms with Gasteiger partial charge in [0.25, 0.3) is 0 Å². The third-order valence-electron chi connectivity index (χ3n) is 8.94. The van der Waals surface area contributed by atoms with E-state index in [9.17, 15) is 24.6 Å². The largest absolute Gasteiger partial charge is 0.497 e. The number of amides is 3. The first-order valence-corrected chi connectivity index (χ1v) is 16.2. The second-order valence-corrected chi connectivity index (χ2v) is 13.4. The van der Waals surface area contributed by atoms with E-state index in [4.69, 9.17) is 4.74 Å². The number of carbonyl (C=O) groups excluding carboxylic acids is 3. The summed E-state index contributed by atoms with van der Waals surface area (Å²) < 4.78 is 5.24. The zero-order valence-corrected chi connectivity index (χ0v) is 27.0. The van der Waals surface area contributed by atoms with Gasteiger partial charge in [-0.15, -0.1) is 0 Å². The summed E-state index contributed by atoms with van der Waals surface area (Å²) in [5, 5.41) is 22.4. The maximum absolute atomic E-state index is 13.9. The minimum absolute atomic E-state index is 0.00498. The van der Waals surface area contributed by atoms with Crippen LogP contribution in [0.2, 0.25) is 0 Å². The van der Waals surface area contributed by atoms with E-state index in [2.05, 4.69) is 0 Å². The predicted molar refractivity (Wildman–Crippen MR) is 167 cm³/mol. The molecule has 3 amide bonds. The number of nitrogens with zero attached hydrogens (tertiary/aromatic N) is 3. The Morgan fingerprint density at radius 3 is 2.07 bits per heavy atom. The Hall–Kier alpha value is -2.65. The Bertz CT molecular complexity index is 1020. The fourth-order valence-corrected chi connectivity index (χ4v) is 6.10. The standard InChI is InChI=1S/C34H55N3O6/c1-24(2)19-30(38)34(42)29(20-25-9-7-6-8-10-25)37(22-27-11-12-27)32(40)18-17-31(39)36(23-33(41)35(3)4)21-26-13-15-28(43-5)16-14-26/h13-16,24-25,27,29-30,34,38,42H,6-12,17-23H2,1-5H3/t29-,30-,34+/m0/s1. The van der Waals surface area contributed by atoms with Gasteiger partial charge in [0.05, 0.1) is 19.3 Å². The van der Waals surface area contributed by atoms with Crippen LogP contribution in [0.15, 0.2) is 24.3 Å². The summed E-state index contributed by atoms with van der Waals surface area (Å²) >= 11 is 0. The van der Waals surface area contributed by atoms with Crippen LogP contribution in [0.5, 0.6) is 5.75 Å². The van der Waals surface area contributed by atoms with Crippen molar-refractivity contribution < 1.29 is 29.3 Å². The molecule has 2 fully saturated rings. The lowest BCUT2D eigenvalue weighted by Crippen LogP contribution is -2.53. The number of hydrogen-bond donors (Lipinski definition) is 2. The molecule has 0 unspecified atom stereocenters. The number of methoxy groups -OCH3 is 1. The van der Waals surface area contributed by atoms with Gasteiger partial charge in [-0.3, -0.25) is 14.4 Å². The molecule has 3 atom stereocenters. The van der Waals surface area contributed by atoms with E-state index >= 15 is 0 Å². The van der Waals surface area contributed by atoms with Gasteiger partial charge in [-0.05, 0) is 61.1 Å². The van der Waals surface area contributed by atoms with Gasteiger partial charge in [0.15, 0.2) is 0 Å². The number of aliphatic hydroxyl groups excluding tert-OH is 2. The first-order chi connectivity index (χ1) is 20.5. The predicted octanol–water partition coefficient (Wildman–Crippen LogP) is 4.24. The summed E-state index contributed by atoms with van der Waals surface area (Å²) in [5.41, 5.74) is 0.859. The number of rotatable bonds is 17. The Kier molecular flexibility index (Phi) is 13.8. The molecule has 1 aromatic carbocycles. The zero-order valence-electron chi connectivity index (χ0n) is 27.0. The van der Waals surface area contributed by atoms with Gasteiger partial charge in [-0.1, -0.05) is 58.1 Å². The van der Waals surface area contributed by atoms with Crippen LogP contribution in [0, 0.1) is 17.8 Å². The third-order valence-corrected chi connectivity index (χ3v) is 8.94. The van der Waals surface area contributed by atoms with E-state index in [1.165, 1.54) is 16.2 Å². The molecule has 0 radical (unpaired) electrons. The van der Waals surface area contributed by atoms with Gasteiger partial charge < -0.3 is 29.6 Å².